The first kappa shape index (κ1) is 63.6. The standard InChI is InChI=1S/2C30H48O3S.Ca/c2*1-3-5-7-9-11-13-15-17-21-26-25-27-22-19-20-24-29(27)30(34(31,32)33)28(26)23-18-16-14-12-10-8-6-4-2;/h2*19-20,22,24-25H,3-18,21,23H2,1-2H3,(H,31,32,33);/q;;+2/p-2. The van der Waals surface area contributed by atoms with Crippen molar-refractivity contribution in [2.75, 3.05) is 0 Å². The molecule has 0 spiro atoms. The van der Waals surface area contributed by atoms with Gasteiger partial charge in [0, 0.05) is 0 Å². The number of unbranched alkanes of at least 4 members (excludes halogenated alkanes) is 28. The molecule has 0 amide bonds. The molecule has 0 unspecified atom stereocenters. The van der Waals surface area contributed by atoms with Gasteiger partial charge in [-0.25, -0.2) is 16.8 Å². The summed E-state index contributed by atoms with van der Waals surface area (Å²) >= 11 is 0. The SMILES string of the molecule is CCCCCCCCCCc1cc2ccccc2c(S(=O)(=O)[O-])c1CCCCCCCCCC.CCCCCCCCCCc1cc2ccccc2c(S(=O)(=O)[O-])c1CCCCCCCCCC.[Ca+2]. The molecule has 0 aliphatic heterocycles. The van der Waals surface area contributed by atoms with Crippen molar-refractivity contribution in [3.8, 4) is 0 Å². The predicted octanol–water partition coefficient (Wildman–Crippen LogP) is 17.8. The van der Waals surface area contributed by atoms with Gasteiger partial charge in [0.2, 0.25) is 0 Å². The Balaban J connectivity index is 0.000000467. The Hall–Kier alpha value is -1.52. The number of aryl methyl sites for hydroxylation is 2. The monoisotopic (exact) mass is 1010 g/mol. The van der Waals surface area contributed by atoms with Crippen LogP contribution in [0.4, 0.5) is 0 Å². The zero-order valence-corrected chi connectivity index (χ0v) is 48.0. The summed E-state index contributed by atoms with van der Waals surface area (Å²) in [4.78, 5) is 0.0891. The van der Waals surface area contributed by atoms with Crippen LogP contribution in [0.2, 0.25) is 0 Å². The van der Waals surface area contributed by atoms with Crippen LogP contribution in [0.1, 0.15) is 255 Å². The van der Waals surface area contributed by atoms with E-state index in [1.54, 1.807) is 12.1 Å². The molecule has 0 aliphatic carbocycles. The minimum absolute atomic E-state index is 0. The van der Waals surface area contributed by atoms with Gasteiger partial charge in [0.05, 0.1) is 9.79 Å². The van der Waals surface area contributed by atoms with Gasteiger partial charge in [0.15, 0.2) is 0 Å². The van der Waals surface area contributed by atoms with E-state index >= 15 is 0 Å². The molecule has 0 saturated heterocycles. The van der Waals surface area contributed by atoms with Gasteiger partial charge < -0.3 is 9.11 Å². The second-order valence-corrected chi connectivity index (χ2v) is 22.6. The first-order valence-electron chi connectivity index (χ1n) is 28.0. The summed E-state index contributed by atoms with van der Waals surface area (Å²) in [5.41, 5.74) is 3.73. The van der Waals surface area contributed by atoms with Crippen molar-refractivity contribution in [2.24, 2.45) is 0 Å². The van der Waals surface area contributed by atoms with Gasteiger partial charge >= 0.3 is 37.7 Å². The third-order valence-electron chi connectivity index (χ3n) is 14.1. The van der Waals surface area contributed by atoms with Crippen LogP contribution in [-0.4, -0.2) is 63.7 Å². The Labute approximate surface area is 453 Å². The molecule has 0 fully saturated rings. The van der Waals surface area contributed by atoms with E-state index in [9.17, 15) is 25.9 Å². The van der Waals surface area contributed by atoms with Crippen molar-refractivity contribution >= 4 is 79.5 Å². The van der Waals surface area contributed by atoms with E-state index in [1.807, 2.05) is 36.4 Å². The number of rotatable bonds is 38. The zero-order chi connectivity index (χ0) is 49.3. The molecular formula is C60H94CaO6S2. The van der Waals surface area contributed by atoms with E-state index in [-0.39, 0.29) is 47.5 Å². The molecule has 9 heteroatoms. The van der Waals surface area contributed by atoms with Gasteiger partial charge in [0.1, 0.15) is 20.2 Å². The minimum Gasteiger partial charge on any atom is -0.744 e. The summed E-state index contributed by atoms with van der Waals surface area (Å²) in [6.07, 6.45) is 42.3. The van der Waals surface area contributed by atoms with Crippen molar-refractivity contribution in [1.29, 1.82) is 0 Å². The average molecular weight is 1020 g/mol. The average Bonchev–Trinajstić information content (AvgIpc) is 3.31. The van der Waals surface area contributed by atoms with Crippen LogP contribution < -0.4 is 0 Å². The summed E-state index contributed by atoms with van der Waals surface area (Å²) in [5, 5.41) is 2.91. The third-order valence-corrected chi connectivity index (χ3v) is 16.0. The number of hydrogen-bond acceptors (Lipinski definition) is 6. The Bertz CT molecular complexity index is 2030. The van der Waals surface area contributed by atoms with Gasteiger partial charge in [-0.1, -0.05) is 268 Å². The Morgan fingerprint density at radius 1 is 0.333 bits per heavy atom. The van der Waals surface area contributed by atoms with E-state index in [1.165, 1.54) is 154 Å². The van der Waals surface area contributed by atoms with Crippen molar-refractivity contribution in [3.05, 3.63) is 82.9 Å². The number of benzene rings is 4. The Morgan fingerprint density at radius 3 is 0.826 bits per heavy atom. The van der Waals surface area contributed by atoms with Gasteiger partial charge in [-0.3, -0.25) is 0 Å². The van der Waals surface area contributed by atoms with E-state index in [4.69, 9.17) is 0 Å². The van der Waals surface area contributed by atoms with Crippen LogP contribution >= 0.6 is 0 Å². The van der Waals surface area contributed by atoms with Crippen molar-refractivity contribution in [1.82, 2.24) is 0 Å². The second-order valence-electron chi connectivity index (χ2n) is 19.9. The molecule has 4 aromatic rings. The van der Waals surface area contributed by atoms with E-state index < -0.39 is 20.2 Å². The van der Waals surface area contributed by atoms with E-state index in [2.05, 4.69) is 39.8 Å². The fourth-order valence-electron chi connectivity index (χ4n) is 10.2. The minimum atomic E-state index is -4.54. The van der Waals surface area contributed by atoms with Crippen LogP contribution in [0.5, 0.6) is 0 Å². The van der Waals surface area contributed by atoms with Crippen molar-refractivity contribution in [2.45, 2.75) is 269 Å². The first-order chi connectivity index (χ1) is 33.0. The molecule has 0 saturated carbocycles. The fraction of sp³-hybridized carbons (Fsp3) is 0.667. The molecule has 0 aliphatic rings. The molecule has 4 aromatic carbocycles. The van der Waals surface area contributed by atoms with Crippen LogP contribution in [0.3, 0.4) is 0 Å². The maximum absolute atomic E-state index is 12.4. The quantitative estimate of drug-likeness (QED) is 0.0251. The van der Waals surface area contributed by atoms with Crippen LogP contribution in [0.15, 0.2) is 70.5 Å². The first-order valence-corrected chi connectivity index (χ1v) is 30.8. The molecule has 6 nitrogen and oxygen atoms in total. The van der Waals surface area contributed by atoms with Crippen LogP contribution in [-0.2, 0) is 45.9 Å². The summed E-state index contributed by atoms with van der Waals surface area (Å²) in [6.45, 7) is 8.95. The summed E-state index contributed by atoms with van der Waals surface area (Å²) < 4.78 is 74.4. The summed E-state index contributed by atoms with van der Waals surface area (Å²) in [6, 6.07) is 19.2. The van der Waals surface area contributed by atoms with E-state index in [0.717, 1.165) is 97.2 Å². The Morgan fingerprint density at radius 2 is 0.565 bits per heavy atom. The number of fused-ring (bicyclic) bond motifs is 2. The molecule has 0 aromatic heterocycles. The van der Waals surface area contributed by atoms with Crippen LogP contribution in [0, 0.1) is 0 Å². The zero-order valence-electron chi connectivity index (χ0n) is 44.2. The molecule has 4 rings (SSSR count). The van der Waals surface area contributed by atoms with Crippen LogP contribution in [0.25, 0.3) is 21.5 Å². The molecule has 0 N–H and O–H groups in total. The summed E-state index contributed by atoms with van der Waals surface area (Å²) in [7, 11) is -9.08. The molecular weight excluding hydrogens is 921 g/mol. The number of hydrogen-bond donors (Lipinski definition) is 0. The maximum atomic E-state index is 12.4. The van der Waals surface area contributed by atoms with Gasteiger partial charge in [-0.15, -0.1) is 0 Å². The maximum Gasteiger partial charge on any atom is 2.00 e. The van der Waals surface area contributed by atoms with Gasteiger partial charge in [-0.2, -0.15) is 0 Å². The molecule has 0 radical (unpaired) electrons. The van der Waals surface area contributed by atoms with Crippen molar-refractivity contribution < 1.29 is 25.9 Å². The van der Waals surface area contributed by atoms with Gasteiger partial charge in [-0.05, 0) is 95.2 Å². The van der Waals surface area contributed by atoms with Gasteiger partial charge in [0.25, 0.3) is 0 Å². The normalized spacial score (nSPS) is 11.8. The van der Waals surface area contributed by atoms with Crippen molar-refractivity contribution in [3.63, 3.8) is 0 Å². The predicted molar refractivity (Wildman–Crippen MR) is 295 cm³/mol. The molecule has 69 heavy (non-hydrogen) atoms. The topological polar surface area (TPSA) is 114 Å². The molecule has 0 bridgehead atoms. The summed E-state index contributed by atoms with van der Waals surface area (Å²) in [5.74, 6) is 0. The third kappa shape index (κ3) is 25.3. The largest absolute Gasteiger partial charge is 2.00 e. The van der Waals surface area contributed by atoms with E-state index in [0.29, 0.717) is 23.6 Å². The molecule has 0 atom stereocenters. The second kappa shape index (κ2) is 38.1. The Kier molecular flexibility index (Phi) is 35.1. The molecule has 0 heterocycles. The molecule has 384 valence electrons. The fourth-order valence-corrected chi connectivity index (χ4v) is 12.1. The smallest absolute Gasteiger partial charge is 0.744 e.